The van der Waals surface area contributed by atoms with Crippen molar-refractivity contribution in [3.8, 4) is 11.3 Å². The molecule has 0 N–H and O–H groups in total. The molecule has 0 amide bonds. The Balaban J connectivity index is 1.65. The lowest BCUT2D eigenvalue weighted by Crippen LogP contribution is -2.36. The summed E-state index contributed by atoms with van der Waals surface area (Å²) in [6.07, 6.45) is 1.54. The van der Waals surface area contributed by atoms with Gasteiger partial charge >= 0.3 is 5.97 Å². The van der Waals surface area contributed by atoms with Gasteiger partial charge in [0.25, 0.3) is 5.69 Å². The van der Waals surface area contributed by atoms with Crippen molar-refractivity contribution in [1.29, 1.82) is 0 Å². The van der Waals surface area contributed by atoms with Gasteiger partial charge in [-0.1, -0.05) is 5.16 Å². The maximum absolute atomic E-state index is 11.6. The molecule has 1 aromatic heterocycles. The second-order valence-corrected chi connectivity index (χ2v) is 6.38. The first-order valence-corrected chi connectivity index (χ1v) is 8.72. The average molecular weight is 383 g/mol. The molecule has 4 rings (SSSR count). The van der Waals surface area contributed by atoms with Crippen LogP contribution >= 0.6 is 0 Å². The van der Waals surface area contributed by atoms with Gasteiger partial charge in [-0.15, -0.1) is 0 Å². The number of benzene rings is 1. The van der Waals surface area contributed by atoms with Gasteiger partial charge < -0.3 is 18.9 Å². The Morgan fingerprint density at radius 3 is 2.68 bits per heavy atom. The first-order chi connectivity index (χ1) is 13.5. The molecule has 2 aromatic rings. The molecule has 28 heavy (non-hydrogen) atoms. The summed E-state index contributed by atoms with van der Waals surface area (Å²) in [4.78, 5) is 29.4. The molecule has 0 unspecified atom stereocenters. The van der Waals surface area contributed by atoms with E-state index in [4.69, 9.17) is 9.15 Å². The molecule has 2 aliphatic rings. The molecule has 1 aromatic carbocycles. The summed E-state index contributed by atoms with van der Waals surface area (Å²) < 4.78 is 11.1. The Labute approximate surface area is 160 Å². The Kier molecular flexibility index (Phi) is 4.66. The van der Waals surface area contributed by atoms with Crippen LogP contribution in [0.25, 0.3) is 17.4 Å². The number of nitro groups is 1. The first-order valence-electron chi connectivity index (χ1n) is 8.72. The van der Waals surface area contributed by atoms with Crippen molar-refractivity contribution in [3.05, 3.63) is 51.8 Å². The molecular formula is C19H17N3O6. The monoisotopic (exact) mass is 383 g/mol. The maximum atomic E-state index is 11.6. The van der Waals surface area contributed by atoms with Crippen LogP contribution in [-0.4, -0.2) is 42.9 Å². The number of rotatable bonds is 4. The third kappa shape index (κ3) is 3.39. The van der Waals surface area contributed by atoms with E-state index in [1.54, 1.807) is 31.2 Å². The molecule has 1 fully saturated rings. The average Bonchev–Trinajstić information content (AvgIpc) is 3.30. The number of oxime groups is 1. The molecule has 1 saturated heterocycles. The van der Waals surface area contributed by atoms with Crippen molar-refractivity contribution < 1.29 is 23.7 Å². The van der Waals surface area contributed by atoms with E-state index >= 15 is 0 Å². The van der Waals surface area contributed by atoms with E-state index in [1.165, 1.54) is 12.1 Å². The Bertz CT molecular complexity index is 1000. The molecule has 0 radical (unpaired) electrons. The second kappa shape index (κ2) is 7.28. The van der Waals surface area contributed by atoms with E-state index in [1.807, 2.05) is 4.90 Å². The smallest absolute Gasteiger partial charge is 0.367 e. The third-order valence-electron chi connectivity index (χ3n) is 4.60. The van der Waals surface area contributed by atoms with Crippen molar-refractivity contribution in [1.82, 2.24) is 0 Å². The number of furan rings is 1. The number of ether oxygens (including phenoxy) is 1. The third-order valence-corrected chi connectivity index (χ3v) is 4.60. The minimum atomic E-state index is -0.541. The number of anilines is 1. The number of hydrogen-bond donors (Lipinski definition) is 0. The van der Waals surface area contributed by atoms with Crippen LogP contribution in [0.2, 0.25) is 0 Å². The van der Waals surface area contributed by atoms with Crippen LogP contribution in [0.4, 0.5) is 11.4 Å². The molecule has 2 aliphatic heterocycles. The van der Waals surface area contributed by atoms with Crippen molar-refractivity contribution in [2.24, 2.45) is 5.16 Å². The molecule has 144 valence electrons. The molecule has 0 aliphatic carbocycles. The minimum Gasteiger partial charge on any atom is -0.457 e. The summed E-state index contributed by atoms with van der Waals surface area (Å²) >= 11 is 0. The van der Waals surface area contributed by atoms with Gasteiger partial charge in [-0.25, -0.2) is 4.79 Å². The van der Waals surface area contributed by atoms with Crippen LogP contribution in [0.3, 0.4) is 0 Å². The van der Waals surface area contributed by atoms with Gasteiger partial charge in [-0.2, -0.15) is 0 Å². The molecule has 0 atom stereocenters. The van der Waals surface area contributed by atoms with Crippen LogP contribution in [0.1, 0.15) is 12.7 Å². The van der Waals surface area contributed by atoms with Gasteiger partial charge in [0.05, 0.1) is 29.4 Å². The first kappa shape index (κ1) is 17.9. The van der Waals surface area contributed by atoms with E-state index in [-0.39, 0.29) is 5.69 Å². The SMILES string of the molecule is CC1=NOC(=O)/C1=C\c1ccc(-c2ccc(N3CCOCC3)c([N+](=O)[O-])c2)o1. The van der Waals surface area contributed by atoms with Crippen molar-refractivity contribution in [2.75, 3.05) is 31.2 Å². The molecule has 0 bridgehead atoms. The summed E-state index contributed by atoms with van der Waals surface area (Å²) in [6.45, 7) is 3.96. The zero-order valence-corrected chi connectivity index (χ0v) is 15.1. The lowest BCUT2D eigenvalue weighted by Gasteiger charge is -2.28. The van der Waals surface area contributed by atoms with Crippen molar-refractivity contribution in [2.45, 2.75) is 6.92 Å². The lowest BCUT2D eigenvalue weighted by atomic mass is 10.1. The predicted octanol–water partition coefficient (Wildman–Crippen LogP) is 3.01. The molecule has 9 heteroatoms. The quantitative estimate of drug-likeness (QED) is 0.346. The summed E-state index contributed by atoms with van der Waals surface area (Å²) in [7, 11) is 0. The van der Waals surface area contributed by atoms with Crippen LogP contribution in [0.15, 0.2) is 45.5 Å². The zero-order chi connectivity index (χ0) is 19.7. The van der Waals surface area contributed by atoms with E-state index in [2.05, 4.69) is 9.99 Å². The summed E-state index contributed by atoms with van der Waals surface area (Å²) in [5.74, 6) is 0.351. The Morgan fingerprint density at radius 1 is 1.21 bits per heavy atom. The van der Waals surface area contributed by atoms with Gasteiger partial charge in [0.15, 0.2) is 0 Å². The minimum absolute atomic E-state index is 0.0121. The molecule has 0 spiro atoms. The standard InChI is InChI=1S/C19H17N3O6/c1-12-15(19(23)28-20-12)11-14-3-5-18(27-14)13-2-4-16(17(10-13)22(24)25)21-6-8-26-9-7-21/h2-5,10-11H,6-9H2,1H3/b15-11-. The normalized spacial score (nSPS) is 18.3. The van der Waals surface area contributed by atoms with Crippen LogP contribution in [0.5, 0.6) is 0 Å². The van der Waals surface area contributed by atoms with E-state index < -0.39 is 10.9 Å². The Hall–Kier alpha value is -3.46. The molecule has 9 nitrogen and oxygen atoms in total. The topological polar surface area (TPSA) is 107 Å². The van der Waals surface area contributed by atoms with Crippen LogP contribution in [0, 0.1) is 10.1 Å². The summed E-state index contributed by atoms with van der Waals surface area (Å²) in [6, 6.07) is 8.39. The fourth-order valence-corrected chi connectivity index (χ4v) is 3.14. The number of nitrogens with zero attached hydrogens (tertiary/aromatic N) is 3. The predicted molar refractivity (Wildman–Crippen MR) is 101 cm³/mol. The zero-order valence-electron chi connectivity index (χ0n) is 15.1. The highest BCUT2D eigenvalue weighted by atomic mass is 16.7. The number of nitro benzene ring substituents is 1. The van der Waals surface area contributed by atoms with E-state index in [0.717, 1.165) is 0 Å². The van der Waals surface area contributed by atoms with Gasteiger partial charge in [0, 0.05) is 24.7 Å². The molecular weight excluding hydrogens is 366 g/mol. The summed E-state index contributed by atoms with van der Waals surface area (Å²) in [5.41, 5.74) is 1.93. The molecule has 3 heterocycles. The van der Waals surface area contributed by atoms with E-state index in [9.17, 15) is 14.9 Å². The van der Waals surface area contributed by atoms with Gasteiger partial charge in [-0.05, 0) is 37.3 Å². The van der Waals surface area contributed by atoms with Crippen LogP contribution in [-0.2, 0) is 14.4 Å². The highest BCUT2D eigenvalue weighted by Crippen LogP contribution is 2.34. The Morgan fingerprint density at radius 2 is 2.00 bits per heavy atom. The number of carbonyl (C=O) groups excluding carboxylic acids is 1. The highest BCUT2D eigenvalue weighted by molar-refractivity contribution is 6.24. The fraction of sp³-hybridized carbons (Fsp3) is 0.263. The largest absolute Gasteiger partial charge is 0.457 e. The second-order valence-electron chi connectivity index (χ2n) is 6.38. The highest BCUT2D eigenvalue weighted by Gasteiger charge is 2.24. The molecule has 0 saturated carbocycles. The van der Waals surface area contributed by atoms with E-state index in [0.29, 0.717) is 60.4 Å². The number of carbonyl (C=O) groups is 1. The van der Waals surface area contributed by atoms with Gasteiger partial charge in [0.2, 0.25) is 0 Å². The van der Waals surface area contributed by atoms with Crippen LogP contribution < -0.4 is 4.90 Å². The van der Waals surface area contributed by atoms with Crippen molar-refractivity contribution >= 4 is 29.1 Å². The lowest BCUT2D eigenvalue weighted by molar-refractivity contribution is -0.384. The van der Waals surface area contributed by atoms with Crippen molar-refractivity contribution in [3.63, 3.8) is 0 Å². The summed E-state index contributed by atoms with van der Waals surface area (Å²) in [5, 5.41) is 15.2. The number of hydrogen-bond acceptors (Lipinski definition) is 8. The van der Waals surface area contributed by atoms with Gasteiger partial charge in [0.1, 0.15) is 17.2 Å². The fourth-order valence-electron chi connectivity index (χ4n) is 3.14. The van der Waals surface area contributed by atoms with Gasteiger partial charge in [-0.3, -0.25) is 10.1 Å². The number of morpholine rings is 1. The maximum Gasteiger partial charge on any atom is 0.367 e.